The molecular formula is C17H16N4O. The van der Waals surface area contributed by atoms with Crippen molar-refractivity contribution in [2.45, 2.75) is 26.7 Å². The van der Waals surface area contributed by atoms with Crippen LogP contribution >= 0.6 is 0 Å². The van der Waals surface area contributed by atoms with Gasteiger partial charge in [-0.25, -0.2) is 4.98 Å². The first-order chi connectivity index (χ1) is 10.5. The van der Waals surface area contributed by atoms with Crippen molar-refractivity contribution in [3.8, 4) is 6.07 Å². The van der Waals surface area contributed by atoms with Crippen LogP contribution in [-0.2, 0) is 6.42 Å². The third-order valence-corrected chi connectivity index (χ3v) is 3.75. The van der Waals surface area contributed by atoms with Gasteiger partial charge in [-0.1, -0.05) is 13.8 Å². The second kappa shape index (κ2) is 5.23. The summed E-state index contributed by atoms with van der Waals surface area (Å²) in [6.45, 7) is 4.12. The molecule has 1 N–H and O–H groups in total. The summed E-state index contributed by atoms with van der Waals surface area (Å²) in [5.41, 5.74) is 2.43. The summed E-state index contributed by atoms with van der Waals surface area (Å²) >= 11 is 0. The van der Waals surface area contributed by atoms with Crippen molar-refractivity contribution in [1.29, 1.82) is 5.26 Å². The number of carbonyl (C=O) groups excluding carboxylic acids is 1. The Morgan fingerprint density at radius 1 is 1.27 bits per heavy atom. The van der Waals surface area contributed by atoms with Gasteiger partial charge in [0.05, 0.1) is 11.3 Å². The maximum Gasteiger partial charge on any atom is 0.165 e. The van der Waals surface area contributed by atoms with Gasteiger partial charge in [0.2, 0.25) is 0 Å². The zero-order valence-electron chi connectivity index (χ0n) is 12.6. The monoisotopic (exact) mass is 292 g/mol. The number of nitrogens with zero attached hydrogens (tertiary/aromatic N) is 3. The third kappa shape index (κ3) is 2.68. The topological polar surface area (TPSA) is 78.7 Å². The minimum Gasteiger partial charge on any atom is -0.339 e. The number of aromatic nitrogens is 2. The summed E-state index contributed by atoms with van der Waals surface area (Å²) < 4.78 is 0. The molecule has 0 spiro atoms. The predicted octanol–water partition coefficient (Wildman–Crippen LogP) is 3.25. The minimum absolute atomic E-state index is 0.0608. The van der Waals surface area contributed by atoms with Crippen LogP contribution in [-0.4, -0.2) is 15.8 Å². The standard InChI is InChI=1S/C17H16N4O/c1-17(2)8-14-13(15(22)9-17)7-11(10-18)16(21-14)20-12-3-5-19-6-4-12/h3-7H,8-9H2,1-2H3,(H,19,20,21). The van der Waals surface area contributed by atoms with Crippen LogP contribution in [0.1, 0.15) is 41.9 Å². The average Bonchev–Trinajstić information content (AvgIpc) is 2.46. The van der Waals surface area contributed by atoms with E-state index in [-0.39, 0.29) is 11.2 Å². The van der Waals surface area contributed by atoms with E-state index in [0.29, 0.717) is 23.4 Å². The number of rotatable bonds is 2. The maximum atomic E-state index is 12.3. The van der Waals surface area contributed by atoms with E-state index in [0.717, 1.165) is 17.8 Å². The Balaban J connectivity index is 2.05. The molecule has 0 amide bonds. The number of hydrogen-bond donors (Lipinski definition) is 1. The Morgan fingerprint density at radius 2 is 2.00 bits per heavy atom. The molecule has 2 aromatic rings. The molecular weight excluding hydrogens is 276 g/mol. The lowest BCUT2D eigenvalue weighted by molar-refractivity contribution is 0.0910. The molecule has 22 heavy (non-hydrogen) atoms. The zero-order chi connectivity index (χ0) is 15.7. The number of Topliss-reactive ketones (excluding diaryl/α,β-unsaturated/α-hetero) is 1. The molecule has 110 valence electrons. The Bertz CT molecular complexity index is 775. The third-order valence-electron chi connectivity index (χ3n) is 3.75. The SMILES string of the molecule is CC1(C)CC(=O)c2cc(C#N)c(Nc3ccncc3)nc2C1. The number of fused-ring (bicyclic) bond motifs is 1. The molecule has 2 aromatic heterocycles. The van der Waals surface area contributed by atoms with Gasteiger partial charge in [-0.2, -0.15) is 5.26 Å². The quantitative estimate of drug-likeness (QED) is 0.919. The van der Waals surface area contributed by atoms with Crippen LogP contribution in [0.2, 0.25) is 0 Å². The number of nitriles is 1. The van der Waals surface area contributed by atoms with Crippen LogP contribution < -0.4 is 5.32 Å². The molecule has 0 bridgehead atoms. The first-order valence-corrected chi connectivity index (χ1v) is 7.13. The molecule has 1 aliphatic rings. The van der Waals surface area contributed by atoms with Gasteiger partial charge in [0.1, 0.15) is 11.9 Å². The van der Waals surface area contributed by atoms with Crippen LogP contribution in [0, 0.1) is 16.7 Å². The lowest BCUT2D eigenvalue weighted by atomic mass is 9.75. The summed E-state index contributed by atoms with van der Waals surface area (Å²) in [6, 6.07) is 7.38. The highest BCUT2D eigenvalue weighted by molar-refractivity contribution is 5.99. The number of nitrogens with one attached hydrogen (secondary N) is 1. The summed E-state index contributed by atoms with van der Waals surface area (Å²) in [4.78, 5) is 20.8. The fourth-order valence-corrected chi connectivity index (χ4v) is 2.73. The molecule has 0 radical (unpaired) electrons. The summed E-state index contributed by atoms with van der Waals surface area (Å²) in [5.74, 6) is 0.545. The van der Waals surface area contributed by atoms with Crippen molar-refractivity contribution in [2.75, 3.05) is 5.32 Å². The predicted molar refractivity (Wildman–Crippen MR) is 82.9 cm³/mol. The molecule has 5 heteroatoms. The van der Waals surface area contributed by atoms with E-state index in [4.69, 9.17) is 0 Å². The average molecular weight is 292 g/mol. The van der Waals surface area contributed by atoms with Gasteiger partial charge in [-0.3, -0.25) is 9.78 Å². The molecule has 0 saturated carbocycles. The highest BCUT2D eigenvalue weighted by Crippen LogP contribution is 2.35. The summed E-state index contributed by atoms with van der Waals surface area (Å²) in [6.07, 6.45) is 4.55. The molecule has 2 heterocycles. The van der Waals surface area contributed by atoms with Gasteiger partial charge in [-0.05, 0) is 30.0 Å². The molecule has 0 saturated heterocycles. The molecule has 0 aromatic carbocycles. The van der Waals surface area contributed by atoms with E-state index >= 15 is 0 Å². The van der Waals surface area contributed by atoms with Crippen LogP contribution in [0.5, 0.6) is 0 Å². The van der Waals surface area contributed by atoms with Crippen molar-refractivity contribution in [1.82, 2.24) is 9.97 Å². The summed E-state index contributed by atoms with van der Waals surface area (Å²) in [7, 11) is 0. The molecule has 0 atom stereocenters. The van der Waals surface area contributed by atoms with Crippen molar-refractivity contribution >= 4 is 17.3 Å². The maximum absolute atomic E-state index is 12.3. The Labute approximate surface area is 129 Å². The van der Waals surface area contributed by atoms with Gasteiger partial charge in [0.15, 0.2) is 5.78 Å². The summed E-state index contributed by atoms with van der Waals surface area (Å²) in [5, 5.41) is 12.5. The lowest BCUT2D eigenvalue weighted by Crippen LogP contribution is -2.28. The van der Waals surface area contributed by atoms with Crippen LogP contribution in [0.25, 0.3) is 0 Å². The number of hydrogen-bond acceptors (Lipinski definition) is 5. The number of carbonyl (C=O) groups is 1. The van der Waals surface area contributed by atoms with E-state index < -0.39 is 0 Å². The Morgan fingerprint density at radius 3 is 2.68 bits per heavy atom. The van der Waals surface area contributed by atoms with Gasteiger partial charge in [0, 0.05) is 30.1 Å². The van der Waals surface area contributed by atoms with Crippen LogP contribution in [0.4, 0.5) is 11.5 Å². The van der Waals surface area contributed by atoms with Gasteiger partial charge in [-0.15, -0.1) is 0 Å². The molecule has 0 fully saturated rings. The van der Waals surface area contributed by atoms with Crippen molar-refractivity contribution < 1.29 is 4.79 Å². The van der Waals surface area contributed by atoms with Gasteiger partial charge < -0.3 is 5.32 Å². The van der Waals surface area contributed by atoms with E-state index in [1.807, 2.05) is 0 Å². The highest BCUT2D eigenvalue weighted by atomic mass is 16.1. The second-order valence-corrected chi connectivity index (χ2v) is 6.29. The minimum atomic E-state index is -0.0980. The van der Waals surface area contributed by atoms with Crippen molar-refractivity contribution in [3.63, 3.8) is 0 Å². The normalized spacial score (nSPS) is 15.8. The Kier molecular flexibility index (Phi) is 3.38. The van der Waals surface area contributed by atoms with Gasteiger partial charge in [0.25, 0.3) is 0 Å². The van der Waals surface area contributed by atoms with Crippen molar-refractivity contribution in [2.24, 2.45) is 5.41 Å². The van der Waals surface area contributed by atoms with E-state index in [2.05, 4.69) is 35.2 Å². The van der Waals surface area contributed by atoms with Crippen LogP contribution in [0.3, 0.4) is 0 Å². The van der Waals surface area contributed by atoms with Gasteiger partial charge >= 0.3 is 0 Å². The first kappa shape index (κ1) is 14.2. The molecule has 0 unspecified atom stereocenters. The van der Waals surface area contributed by atoms with Crippen LogP contribution in [0.15, 0.2) is 30.6 Å². The molecule has 5 nitrogen and oxygen atoms in total. The zero-order valence-corrected chi connectivity index (χ0v) is 12.6. The lowest BCUT2D eigenvalue weighted by Gasteiger charge is -2.29. The van der Waals surface area contributed by atoms with E-state index in [1.54, 1.807) is 30.6 Å². The largest absolute Gasteiger partial charge is 0.339 e. The number of ketones is 1. The smallest absolute Gasteiger partial charge is 0.165 e. The first-order valence-electron chi connectivity index (χ1n) is 7.13. The van der Waals surface area contributed by atoms with E-state index in [9.17, 15) is 10.1 Å². The number of anilines is 2. The number of pyridine rings is 2. The molecule has 0 aliphatic heterocycles. The van der Waals surface area contributed by atoms with Crippen molar-refractivity contribution in [3.05, 3.63) is 47.4 Å². The second-order valence-electron chi connectivity index (χ2n) is 6.29. The highest BCUT2D eigenvalue weighted by Gasteiger charge is 2.32. The molecule has 3 rings (SSSR count). The fraction of sp³-hybridized carbons (Fsp3) is 0.294. The Hall–Kier alpha value is -2.74. The molecule has 1 aliphatic carbocycles. The van der Waals surface area contributed by atoms with E-state index in [1.165, 1.54) is 0 Å². The fourth-order valence-electron chi connectivity index (χ4n) is 2.73.